The zero-order chi connectivity index (χ0) is 40.6. The minimum absolute atomic E-state index is 0.00630. The van der Waals surface area contributed by atoms with E-state index in [0.717, 1.165) is 11.6 Å². The SMILES string of the molecule is CCOC(=O)[C@H](C)Cc1cccc(C(=O)c2nc(-c3cc(Oc4c(F)c(F)c5[nH]ccc5c4CSCCOCCNC(=O)OC(C)(C)C)ccc3F)n(C)n2)c1. The van der Waals surface area contributed by atoms with Crippen molar-refractivity contribution in [3.63, 3.8) is 0 Å². The number of amides is 1. The molecule has 5 aromatic rings. The number of halogens is 3. The molecular formula is C40H44F3N5O7S. The van der Waals surface area contributed by atoms with E-state index in [0.29, 0.717) is 29.7 Å². The number of ether oxygens (including phenoxy) is 4. The van der Waals surface area contributed by atoms with Gasteiger partial charge in [-0.3, -0.25) is 9.59 Å². The lowest BCUT2D eigenvalue weighted by Gasteiger charge is -2.19. The van der Waals surface area contributed by atoms with Gasteiger partial charge in [0, 0.05) is 47.8 Å². The molecule has 1 amide bonds. The van der Waals surface area contributed by atoms with Crippen LogP contribution in [0.25, 0.3) is 22.3 Å². The Kier molecular flexibility index (Phi) is 13.8. The van der Waals surface area contributed by atoms with Crippen LogP contribution >= 0.6 is 11.8 Å². The summed E-state index contributed by atoms with van der Waals surface area (Å²) in [6.45, 7) is 9.86. The Balaban J connectivity index is 1.30. The smallest absolute Gasteiger partial charge is 0.407 e. The molecule has 2 heterocycles. The Morgan fingerprint density at radius 1 is 1.04 bits per heavy atom. The fourth-order valence-corrected chi connectivity index (χ4v) is 6.58. The van der Waals surface area contributed by atoms with E-state index in [9.17, 15) is 14.4 Å². The van der Waals surface area contributed by atoms with E-state index in [1.54, 1.807) is 65.0 Å². The van der Waals surface area contributed by atoms with Gasteiger partial charge < -0.3 is 29.2 Å². The van der Waals surface area contributed by atoms with Gasteiger partial charge >= 0.3 is 12.1 Å². The number of fused-ring (bicyclic) bond motifs is 1. The van der Waals surface area contributed by atoms with Crippen molar-refractivity contribution in [1.29, 1.82) is 0 Å². The van der Waals surface area contributed by atoms with Crippen LogP contribution in [-0.2, 0) is 38.2 Å². The van der Waals surface area contributed by atoms with Gasteiger partial charge in [-0.2, -0.15) is 16.2 Å². The first kappa shape index (κ1) is 41.8. The van der Waals surface area contributed by atoms with Crippen LogP contribution < -0.4 is 10.1 Å². The summed E-state index contributed by atoms with van der Waals surface area (Å²) < 4.78 is 69.4. The molecule has 0 aliphatic heterocycles. The highest BCUT2D eigenvalue weighted by Crippen LogP contribution is 2.39. The van der Waals surface area contributed by atoms with Crippen molar-refractivity contribution in [3.8, 4) is 22.9 Å². The van der Waals surface area contributed by atoms with Crippen LogP contribution in [0.3, 0.4) is 0 Å². The third kappa shape index (κ3) is 10.5. The second-order valence-corrected chi connectivity index (χ2v) is 14.9. The van der Waals surface area contributed by atoms with Gasteiger partial charge in [0.25, 0.3) is 0 Å². The van der Waals surface area contributed by atoms with E-state index < -0.39 is 40.8 Å². The van der Waals surface area contributed by atoms with E-state index >= 15 is 13.2 Å². The summed E-state index contributed by atoms with van der Waals surface area (Å²) in [4.78, 5) is 44.5. The van der Waals surface area contributed by atoms with Gasteiger partial charge in [-0.25, -0.2) is 23.2 Å². The topological polar surface area (TPSA) is 147 Å². The molecule has 298 valence electrons. The summed E-state index contributed by atoms with van der Waals surface area (Å²) in [7, 11) is 1.50. The number of aromatic amines is 1. The lowest BCUT2D eigenvalue weighted by molar-refractivity contribution is -0.147. The van der Waals surface area contributed by atoms with Crippen molar-refractivity contribution in [2.24, 2.45) is 13.0 Å². The van der Waals surface area contributed by atoms with E-state index in [1.165, 1.54) is 41.8 Å². The number of nitrogens with zero attached hydrogens (tertiary/aromatic N) is 3. The van der Waals surface area contributed by atoms with E-state index in [-0.39, 0.29) is 71.3 Å². The molecule has 16 heteroatoms. The Morgan fingerprint density at radius 3 is 2.57 bits per heavy atom. The molecule has 56 heavy (non-hydrogen) atoms. The zero-order valence-corrected chi connectivity index (χ0v) is 32.8. The molecule has 0 saturated carbocycles. The maximum absolute atomic E-state index is 15.7. The number of thioether (sulfide) groups is 1. The average molecular weight is 796 g/mol. The van der Waals surface area contributed by atoms with Gasteiger partial charge in [-0.05, 0) is 70.0 Å². The standard InChI is InChI=1S/C40H44F3N5O7S/c1-7-53-38(50)23(2)19-24-9-8-10-25(20-24)34(49)36-46-37(48(6)47-36)28-21-26(11-12-30(28)41)54-35-29(27-13-14-44-33(27)31(42)32(35)43)22-56-18-17-52-16-15-45-39(51)55-40(3,4)5/h8-14,20-21,23,44H,7,15-19,22H2,1-6H3,(H,45,51)/t23-/m1/s1. The average Bonchev–Trinajstić information content (AvgIpc) is 3.79. The van der Waals surface area contributed by atoms with Gasteiger partial charge in [-0.15, -0.1) is 5.10 Å². The predicted octanol–water partition coefficient (Wildman–Crippen LogP) is 7.92. The summed E-state index contributed by atoms with van der Waals surface area (Å²) >= 11 is 1.40. The molecule has 0 fully saturated rings. The highest BCUT2D eigenvalue weighted by Gasteiger charge is 2.25. The number of benzene rings is 3. The predicted molar refractivity (Wildman–Crippen MR) is 205 cm³/mol. The summed E-state index contributed by atoms with van der Waals surface area (Å²) in [6.07, 6.45) is 1.31. The van der Waals surface area contributed by atoms with Gasteiger partial charge in [0.15, 0.2) is 17.4 Å². The first-order valence-electron chi connectivity index (χ1n) is 17.9. The first-order chi connectivity index (χ1) is 26.7. The zero-order valence-electron chi connectivity index (χ0n) is 32.0. The first-order valence-corrected chi connectivity index (χ1v) is 19.1. The molecule has 2 N–H and O–H groups in total. The Morgan fingerprint density at radius 2 is 1.82 bits per heavy atom. The number of aryl methyl sites for hydroxylation is 1. The third-order valence-corrected chi connectivity index (χ3v) is 9.22. The van der Waals surface area contributed by atoms with E-state index in [2.05, 4.69) is 20.4 Å². The van der Waals surface area contributed by atoms with Gasteiger partial charge in [0.2, 0.25) is 17.4 Å². The van der Waals surface area contributed by atoms with E-state index in [1.807, 2.05) is 0 Å². The molecule has 0 saturated heterocycles. The van der Waals surface area contributed by atoms with Crippen molar-refractivity contribution >= 4 is 40.5 Å². The van der Waals surface area contributed by atoms with Crippen LogP contribution in [0.5, 0.6) is 11.5 Å². The molecule has 0 unspecified atom stereocenters. The monoisotopic (exact) mass is 795 g/mol. The number of H-pyrrole nitrogens is 1. The lowest BCUT2D eigenvalue weighted by Crippen LogP contribution is -2.34. The Bertz CT molecular complexity index is 2200. The van der Waals surface area contributed by atoms with Crippen LogP contribution in [0.2, 0.25) is 0 Å². The number of carbonyl (C=O) groups is 3. The normalized spacial score (nSPS) is 12.1. The molecule has 12 nitrogen and oxygen atoms in total. The molecule has 5 rings (SSSR count). The van der Waals surface area contributed by atoms with Crippen molar-refractivity contribution in [3.05, 3.63) is 94.7 Å². The van der Waals surface area contributed by atoms with Crippen molar-refractivity contribution in [2.75, 3.05) is 32.1 Å². The number of aromatic nitrogens is 4. The molecule has 2 aromatic heterocycles. The second kappa shape index (κ2) is 18.5. The fourth-order valence-electron chi connectivity index (χ4n) is 5.71. The number of hydrogen-bond acceptors (Lipinski definition) is 10. The fraction of sp³-hybridized carbons (Fsp3) is 0.375. The highest BCUT2D eigenvalue weighted by molar-refractivity contribution is 7.98. The summed E-state index contributed by atoms with van der Waals surface area (Å²) in [5.74, 6) is -4.24. The van der Waals surface area contributed by atoms with Gasteiger partial charge in [-0.1, -0.05) is 25.1 Å². The molecule has 3 aromatic carbocycles. The number of alkyl carbamates (subject to hydrolysis) is 1. The number of carbonyl (C=O) groups excluding carboxylic acids is 3. The van der Waals surface area contributed by atoms with Gasteiger partial charge in [0.05, 0.1) is 36.8 Å². The summed E-state index contributed by atoms with van der Waals surface area (Å²) in [6, 6.07) is 12.0. The maximum atomic E-state index is 15.7. The third-order valence-electron chi connectivity index (χ3n) is 8.28. The van der Waals surface area contributed by atoms with Crippen LogP contribution in [-0.4, -0.2) is 75.3 Å². The number of hydrogen-bond donors (Lipinski definition) is 2. The molecule has 0 spiro atoms. The Hall–Kier alpha value is -5.35. The number of rotatable bonds is 17. The minimum atomic E-state index is -1.23. The summed E-state index contributed by atoms with van der Waals surface area (Å²) in [5.41, 5.74) is 0.655. The minimum Gasteiger partial charge on any atom is -0.466 e. The maximum Gasteiger partial charge on any atom is 0.407 e. The molecule has 0 aliphatic rings. The van der Waals surface area contributed by atoms with Crippen molar-refractivity contribution in [2.45, 2.75) is 52.4 Å². The number of ketones is 1. The van der Waals surface area contributed by atoms with E-state index in [4.69, 9.17) is 18.9 Å². The molecule has 1 atom stereocenters. The molecular weight excluding hydrogens is 752 g/mol. The summed E-state index contributed by atoms with van der Waals surface area (Å²) in [5, 5.41) is 7.26. The molecule has 0 radical (unpaired) electrons. The Labute approximate surface area is 326 Å². The largest absolute Gasteiger partial charge is 0.466 e. The number of esters is 1. The van der Waals surface area contributed by atoms with Crippen LogP contribution in [0.1, 0.15) is 61.9 Å². The van der Waals surface area contributed by atoms with Gasteiger partial charge in [0.1, 0.15) is 17.2 Å². The number of nitrogens with one attached hydrogen (secondary N) is 2. The van der Waals surface area contributed by atoms with Crippen LogP contribution in [0.15, 0.2) is 54.7 Å². The quantitative estimate of drug-likeness (QED) is 0.0541. The molecule has 0 bridgehead atoms. The van der Waals surface area contributed by atoms with Crippen LogP contribution in [0, 0.1) is 23.4 Å². The highest BCUT2D eigenvalue weighted by atomic mass is 32.2. The molecule has 0 aliphatic carbocycles. The lowest BCUT2D eigenvalue weighted by atomic mass is 9.98. The second-order valence-electron chi connectivity index (χ2n) is 13.8. The van der Waals surface area contributed by atoms with Crippen LogP contribution in [0.4, 0.5) is 18.0 Å². The van der Waals surface area contributed by atoms with Crippen molar-refractivity contribution < 1.29 is 46.5 Å². The van der Waals surface area contributed by atoms with Crippen molar-refractivity contribution in [1.82, 2.24) is 25.1 Å².